The number of carbonyl (C=O) groups excluding carboxylic acids is 1. The molecule has 0 saturated carbocycles. The van der Waals surface area contributed by atoms with Gasteiger partial charge in [-0.1, -0.05) is 30.3 Å². The number of likely N-dealkylation sites (tertiary alicyclic amines) is 1. The Morgan fingerprint density at radius 1 is 1.10 bits per heavy atom. The number of amides is 1. The highest BCUT2D eigenvalue weighted by Gasteiger charge is 2.39. The fourth-order valence-electron chi connectivity index (χ4n) is 5.02. The van der Waals surface area contributed by atoms with Crippen molar-refractivity contribution >= 4 is 11.7 Å². The van der Waals surface area contributed by atoms with Crippen molar-refractivity contribution in [1.82, 2.24) is 15.2 Å². The van der Waals surface area contributed by atoms with E-state index in [0.29, 0.717) is 17.5 Å². The maximum Gasteiger partial charge on any atom is 0.251 e. The molecule has 3 heterocycles. The molecule has 1 N–H and O–H groups in total. The van der Waals surface area contributed by atoms with E-state index in [1.165, 1.54) is 37.8 Å². The Morgan fingerprint density at radius 3 is 2.69 bits per heavy atom. The molecule has 2 aromatic rings. The number of piperidine rings is 2. The number of pyridine rings is 1. The van der Waals surface area contributed by atoms with Crippen LogP contribution >= 0.6 is 0 Å². The number of nitrogens with one attached hydrogen (secondary N) is 1. The molecular formula is C24H32N4O. The van der Waals surface area contributed by atoms with E-state index >= 15 is 0 Å². The third kappa shape index (κ3) is 4.78. The lowest BCUT2D eigenvalue weighted by atomic mass is 9.73. The van der Waals surface area contributed by atoms with Gasteiger partial charge in [-0.25, -0.2) is 4.98 Å². The van der Waals surface area contributed by atoms with Gasteiger partial charge in [-0.15, -0.1) is 0 Å². The van der Waals surface area contributed by atoms with Crippen molar-refractivity contribution in [2.75, 3.05) is 37.6 Å². The number of hydrogen-bond donors (Lipinski definition) is 1. The lowest BCUT2D eigenvalue weighted by Crippen LogP contribution is -2.52. The van der Waals surface area contributed by atoms with Crippen molar-refractivity contribution in [2.24, 2.45) is 5.41 Å². The summed E-state index contributed by atoms with van der Waals surface area (Å²) < 4.78 is 0. The number of carbonyl (C=O) groups is 1. The lowest BCUT2D eigenvalue weighted by Gasteiger charge is -2.49. The van der Waals surface area contributed by atoms with Crippen LogP contribution in [0.1, 0.15) is 48.5 Å². The maximum atomic E-state index is 12.2. The highest BCUT2D eigenvalue weighted by atomic mass is 16.1. The average molecular weight is 393 g/mol. The predicted molar refractivity (Wildman–Crippen MR) is 117 cm³/mol. The Balaban J connectivity index is 1.46. The molecule has 0 bridgehead atoms. The molecule has 0 unspecified atom stereocenters. The maximum absolute atomic E-state index is 12.2. The molecule has 29 heavy (non-hydrogen) atoms. The Morgan fingerprint density at radius 2 is 1.90 bits per heavy atom. The smallest absolute Gasteiger partial charge is 0.251 e. The minimum atomic E-state index is -0.0189. The molecule has 2 aliphatic rings. The van der Waals surface area contributed by atoms with Crippen molar-refractivity contribution < 1.29 is 4.79 Å². The van der Waals surface area contributed by atoms with Gasteiger partial charge in [-0.05, 0) is 56.8 Å². The molecule has 1 atom stereocenters. The Kier molecular flexibility index (Phi) is 6.14. The van der Waals surface area contributed by atoms with Crippen LogP contribution in [0.3, 0.4) is 0 Å². The molecule has 1 spiro atoms. The predicted octanol–water partition coefficient (Wildman–Crippen LogP) is 3.71. The molecule has 4 rings (SSSR count). The fourth-order valence-corrected chi connectivity index (χ4v) is 5.02. The molecule has 1 amide bonds. The van der Waals surface area contributed by atoms with Crippen LogP contribution in [0.4, 0.5) is 5.82 Å². The highest BCUT2D eigenvalue weighted by Crippen LogP contribution is 2.40. The second-order valence-electron chi connectivity index (χ2n) is 8.59. The van der Waals surface area contributed by atoms with E-state index in [-0.39, 0.29) is 5.91 Å². The molecule has 154 valence electrons. The monoisotopic (exact) mass is 392 g/mol. The van der Waals surface area contributed by atoms with E-state index in [9.17, 15) is 4.79 Å². The molecule has 5 heteroatoms. The molecule has 2 aliphatic heterocycles. The van der Waals surface area contributed by atoms with E-state index in [4.69, 9.17) is 0 Å². The van der Waals surface area contributed by atoms with Gasteiger partial charge in [0, 0.05) is 49.9 Å². The molecule has 2 fully saturated rings. The van der Waals surface area contributed by atoms with Crippen molar-refractivity contribution in [2.45, 2.75) is 39.2 Å². The summed E-state index contributed by atoms with van der Waals surface area (Å²) in [5, 5.41) is 2.89. The van der Waals surface area contributed by atoms with Crippen molar-refractivity contribution in [3.05, 3.63) is 59.8 Å². The first-order valence-electron chi connectivity index (χ1n) is 10.9. The van der Waals surface area contributed by atoms with Gasteiger partial charge < -0.3 is 10.2 Å². The number of hydrogen-bond acceptors (Lipinski definition) is 4. The largest absolute Gasteiger partial charge is 0.356 e. The first kappa shape index (κ1) is 19.9. The molecule has 1 aromatic carbocycles. The summed E-state index contributed by atoms with van der Waals surface area (Å²) in [6, 6.07) is 14.6. The molecule has 5 nitrogen and oxygen atoms in total. The Bertz CT molecular complexity index is 821. The Hall–Kier alpha value is -2.40. The fraction of sp³-hybridized carbons (Fsp3) is 0.500. The summed E-state index contributed by atoms with van der Waals surface area (Å²) in [5.41, 5.74) is 2.42. The average Bonchev–Trinajstić information content (AvgIpc) is 2.75. The zero-order valence-electron chi connectivity index (χ0n) is 17.4. The van der Waals surface area contributed by atoms with Crippen LogP contribution in [0, 0.1) is 5.41 Å². The van der Waals surface area contributed by atoms with Gasteiger partial charge in [0.05, 0.1) is 0 Å². The normalized spacial score (nSPS) is 22.6. The van der Waals surface area contributed by atoms with Crippen LogP contribution in [0.15, 0.2) is 48.7 Å². The van der Waals surface area contributed by atoms with Crippen LogP contribution < -0.4 is 10.2 Å². The first-order valence-corrected chi connectivity index (χ1v) is 10.9. The van der Waals surface area contributed by atoms with Crippen LogP contribution in [-0.2, 0) is 6.54 Å². The molecule has 2 saturated heterocycles. The zero-order valence-corrected chi connectivity index (χ0v) is 17.4. The third-order valence-electron chi connectivity index (χ3n) is 6.32. The van der Waals surface area contributed by atoms with Crippen molar-refractivity contribution in [3.8, 4) is 0 Å². The summed E-state index contributed by atoms with van der Waals surface area (Å²) >= 11 is 0. The van der Waals surface area contributed by atoms with Gasteiger partial charge in [0.1, 0.15) is 5.82 Å². The first-order chi connectivity index (χ1) is 14.2. The van der Waals surface area contributed by atoms with Gasteiger partial charge in [-0.3, -0.25) is 9.69 Å². The number of anilines is 1. The molecule has 1 aromatic heterocycles. The van der Waals surface area contributed by atoms with Crippen LogP contribution in [0.2, 0.25) is 0 Å². The zero-order chi connectivity index (χ0) is 20.1. The SMILES string of the molecule is CCNC(=O)c1ccnc(N2CCC[C@]3(CCCN(Cc4ccccc4)C3)C2)c1. The van der Waals surface area contributed by atoms with Crippen molar-refractivity contribution in [3.63, 3.8) is 0 Å². The summed E-state index contributed by atoms with van der Waals surface area (Å²) in [6.07, 6.45) is 6.78. The topological polar surface area (TPSA) is 48.5 Å². The number of benzene rings is 1. The summed E-state index contributed by atoms with van der Waals surface area (Å²) in [6.45, 7) is 8.00. The van der Waals surface area contributed by atoms with Crippen LogP contribution in [-0.4, -0.2) is 48.5 Å². The number of nitrogens with zero attached hydrogens (tertiary/aromatic N) is 3. The van der Waals surface area contributed by atoms with Gasteiger partial charge in [0.25, 0.3) is 5.91 Å². The highest BCUT2D eigenvalue weighted by molar-refractivity contribution is 5.94. The van der Waals surface area contributed by atoms with Gasteiger partial charge in [-0.2, -0.15) is 0 Å². The Labute approximate surface area is 174 Å². The van der Waals surface area contributed by atoms with E-state index in [2.05, 4.69) is 50.4 Å². The minimum absolute atomic E-state index is 0.0189. The van der Waals surface area contributed by atoms with E-state index in [1.54, 1.807) is 12.3 Å². The van der Waals surface area contributed by atoms with Gasteiger partial charge in [0.2, 0.25) is 0 Å². The number of rotatable bonds is 5. The number of aromatic nitrogens is 1. The van der Waals surface area contributed by atoms with Crippen molar-refractivity contribution in [1.29, 1.82) is 0 Å². The molecular weight excluding hydrogens is 360 g/mol. The summed E-state index contributed by atoms with van der Waals surface area (Å²) in [4.78, 5) is 21.9. The van der Waals surface area contributed by atoms with Gasteiger partial charge in [0.15, 0.2) is 0 Å². The van der Waals surface area contributed by atoms with Crippen LogP contribution in [0.5, 0.6) is 0 Å². The lowest BCUT2D eigenvalue weighted by molar-refractivity contribution is 0.0683. The summed E-state index contributed by atoms with van der Waals surface area (Å²) in [7, 11) is 0. The standard InChI is InChI=1S/C24H32N4O/c1-2-25-23(29)21-10-13-26-22(16-21)28-15-7-12-24(19-28)11-6-14-27(18-24)17-20-8-4-3-5-9-20/h3-5,8-10,13,16H,2,6-7,11-12,14-15,17-19H2,1H3,(H,25,29)/t24-/m0/s1. The second kappa shape index (κ2) is 8.95. The van der Waals surface area contributed by atoms with E-state index < -0.39 is 0 Å². The minimum Gasteiger partial charge on any atom is -0.356 e. The third-order valence-corrected chi connectivity index (χ3v) is 6.32. The summed E-state index contributed by atoms with van der Waals surface area (Å²) in [5.74, 6) is 0.919. The molecule has 0 aliphatic carbocycles. The van der Waals surface area contributed by atoms with E-state index in [0.717, 1.165) is 32.0 Å². The second-order valence-corrected chi connectivity index (χ2v) is 8.59. The quantitative estimate of drug-likeness (QED) is 0.843. The molecule has 0 radical (unpaired) electrons. The van der Waals surface area contributed by atoms with Crippen LogP contribution in [0.25, 0.3) is 0 Å². The van der Waals surface area contributed by atoms with Gasteiger partial charge >= 0.3 is 0 Å². The van der Waals surface area contributed by atoms with E-state index in [1.807, 2.05) is 13.0 Å².